The highest BCUT2D eigenvalue weighted by atomic mass is 35.5. The van der Waals surface area contributed by atoms with E-state index in [0.29, 0.717) is 26.2 Å². The van der Waals surface area contributed by atoms with Crippen molar-refractivity contribution >= 4 is 34.8 Å². The van der Waals surface area contributed by atoms with Crippen molar-refractivity contribution in [2.45, 2.75) is 0 Å². The van der Waals surface area contributed by atoms with Crippen LogP contribution in [0.2, 0.25) is 15.1 Å². The van der Waals surface area contributed by atoms with E-state index in [1.54, 1.807) is 24.3 Å². The first kappa shape index (κ1) is 11.7. The predicted octanol–water partition coefficient (Wildman–Crippen LogP) is 5.45. The first-order valence-electron chi connectivity index (χ1n) is 4.48. The van der Waals surface area contributed by atoms with Crippen LogP contribution in [-0.4, -0.2) is 0 Å². The second-order valence-corrected chi connectivity index (χ2v) is 4.51. The minimum atomic E-state index is -0.418. The third-order valence-electron chi connectivity index (χ3n) is 2.11. The van der Waals surface area contributed by atoms with Gasteiger partial charge in [-0.3, -0.25) is 0 Å². The molecule has 0 spiro atoms. The molecule has 4 heteroatoms. The molecule has 0 saturated heterocycles. The van der Waals surface area contributed by atoms with E-state index < -0.39 is 5.82 Å². The summed E-state index contributed by atoms with van der Waals surface area (Å²) in [6.07, 6.45) is 0. The lowest BCUT2D eigenvalue weighted by Crippen LogP contribution is -1.84. The molecule has 0 bridgehead atoms. The number of hydrogen-bond acceptors (Lipinski definition) is 0. The zero-order valence-electron chi connectivity index (χ0n) is 7.98. The molecule has 0 radical (unpaired) electrons. The lowest BCUT2D eigenvalue weighted by atomic mass is 10.1. The highest BCUT2D eigenvalue weighted by Gasteiger charge is 2.09. The minimum absolute atomic E-state index is 0.311. The molecular weight excluding hydrogens is 269 g/mol. The average molecular weight is 276 g/mol. The zero-order chi connectivity index (χ0) is 11.7. The van der Waals surface area contributed by atoms with Crippen molar-refractivity contribution in [3.05, 3.63) is 57.3 Å². The summed E-state index contributed by atoms with van der Waals surface area (Å²) in [5.74, 6) is -0.418. The van der Waals surface area contributed by atoms with Crippen LogP contribution < -0.4 is 0 Å². The van der Waals surface area contributed by atoms with Gasteiger partial charge < -0.3 is 0 Å². The van der Waals surface area contributed by atoms with Gasteiger partial charge >= 0.3 is 0 Å². The smallest absolute Gasteiger partial charge is 0.125 e. The van der Waals surface area contributed by atoms with Crippen LogP contribution in [0.5, 0.6) is 0 Å². The van der Waals surface area contributed by atoms with E-state index in [9.17, 15) is 4.39 Å². The van der Waals surface area contributed by atoms with Crippen molar-refractivity contribution in [3.63, 3.8) is 0 Å². The molecule has 2 rings (SSSR count). The van der Waals surface area contributed by atoms with Crippen molar-refractivity contribution in [2.75, 3.05) is 0 Å². The van der Waals surface area contributed by atoms with Gasteiger partial charge in [-0.15, -0.1) is 0 Å². The highest BCUT2D eigenvalue weighted by Crippen LogP contribution is 2.35. The lowest BCUT2D eigenvalue weighted by molar-refractivity contribution is 0.628. The molecule has 16 heavy (non-hydrogen) atoms. The Morgan fingerprint density at radius 3 is 2.06 bits per heavy atom. The Kier molecular flexibility index (Phi) is 3.38. The highest BCUT2D eigenvalue weighted by molar-refractivity contribution is 6.39. The molecule has 2 aromatic carbocycles. The Morgan fingerprint density at radius 1 is 0.875 bits per heavy atom. The number of hydrogen-bond donors (Lipinski definition) is 0. The standard InChI is InChI=1S/C12H6Cl3F/c13-8-4-7(5-9(16)6-8)12-10(14)2-1-3-11(12)15/h1-6H. The number of rotatable bonds is 1. The van der Waals surface area contributed by atoms with E-state index in [0.717, 1.165) is 0 Å². The maximum atomic E-state index is 13.2. The monoisotopic (exact) mass is 274 g/mol. The van der Waals surface area contributed by atoms with Crippen LogP contribution in [0.1, 0.15) is 0 Å². The van der Waals surface area contributed by atoms with E-state index in [1.165, 1.54) is 12.1 Å². The van der Waals surface area contributed by atoms with Gasteiger partial charge in [0.15, 0.2) is 0 Å². The first-order chi connectivity index (χ1) is 7.58. The SMILES string of the molecule is Fc1cc(Cl)cc(-c2c(Cl)cccc2Cl)c1. The maximum Gasteiger partial charge on any atom is 0.125 e. The van der Waals surface area contributed by atoms with Crippen LogP contribution in [0, 0.1) is 5.82 Å². The van der Waals surface area contributed by atoms with Crippen LogP contribution in [-0.2, 0) is 0 Å². The van der Waals surface area contributed by atoms with Gasteiger partial charge in [0.05, 0.1) is 0 Å². The Bertz CT molecular complexity index is 497. The molecular formula is C12H6Cl3F. The van der Waals surface area contributed by atoms with Gasteiger partial charge in [-0.2, -0.15) is 0 Å². The second kappa shape index (κ2) is 4.62. The Morgan fingerprint density at radius 2 is 1.50 bits per heavy atom. The van der Waals surface area contributed by atoms with E-state index in [4.69, 9.17) is 34.8 Å². The molecule has 0 aliphatic rings. The van der Waals surface area contributed by atoms with Gasteiger partial charge in [-0.05, 0) is 35.9 Å². The number of halogens is 4. The fourth-order valence-electron chi connectivity index (χ4n) is 1.47. The second-order valence-electron chi connectivity index (χ2n) is 3.25. The summed E-state index contributed by atoms with van der Waals surface area (Å²) in [6.45, 7) is 0. The van der Waals surface area contributed by atoms with Gasteiger partial charge in [-0.25, -0.2) is 4.39 Å². The van der Waals surface area contributed by atoms with E-state index >= 15 is 0 Å². The maximum absolute atomic E-state index is 13.2. The van der Waals surface area contributed by atoms with Crippen LogP contribution in [0.3, 0.4) is 0 Å². The molecule has 0 heterocycles. The van der Waals surface area contributed by atoms with Crippen molar-refractivity contribution in [1.29, 1.82) is 0 Å². The van der Waals surface area contributed by atoms with E-state index in [-0.39, 0.29) is 0 Å². The fraction of sp³-hybridized carbons (Fsp3) is 0. The van der Waals surface area contributed by atoms with Crippen molar-refractivity contribution in [2.24, 2.45) is 0 Å². The third-order valence-corrected chi connectivity index (χ3v) is 2.96. The summed E-state index contributed by atoms with van der Waals surface area (Å²) < 4.78 is 13.2. The normalized spacial score (nSPS) is 10.5. The predicted molar refractivity (Wildman–Crippen MR) is 66.9 cm³/mol. The minimum Gasteiger partial charge on any atom is -0.207 e. The molecule has 0 aliphatic carbocycles. The first-order valence-corrected chi connectivity index (χ1v) is 5.62. The van der Waals surface area contributed by atoms with Gasteiger partial charge in [0.2, 0.25) is 0 Å². The van der Waals surface area contributed by atoms with Crippen LogP contribution in [0.25, 0.3) is 11.1 Å². The Balaban J connectivity index is 2.67. The zero-order valence-corrected chi connectivity index (χ0v) is 10.2. The van der Waals surface area contributed by atoms with Crippen LogP contribution >= 0.6 is 34.8 Å². The van der Waals surface area contributed by atoms with Crippen molar-refractivity contribution in [3.8, 4) is 11.1 Å². The molecule has 0 saturated carbocycles. The molecule has 0 nitrogen and oxygen atoms in total. The molecule has 0 amide bonds. The summed E-state index contributed by atoms with van der Waals surface area (Å²) >= 11 is 17.8. The molecule has 0 aliphatic heterocycles. The Labute approximate surface area is 108 Å². The van der Waals surface area contributed by atoms with E-state index in [2.05, 4.69) is 0 Å². The summed E-state index contributed by atoms with van der Waals surface area (Å²) in [6, 6.07) is 9.32. The fourth-order valence-corrected chi connectivity index (χ4v) is 2.31. The molecule has 82 valence electrons. The molecule has 0 N–H and O–H groups in total. The van der Waals surface area contributed by atoms with Crippen LogP contribution in [0.4, 0.5) is 4.39 Å². The quantitative estimate of drug-likeness (QED) is 0.649. The molecule has 2 aromatic rings. The molecule has 0 fully saturated rings. The van der Waals surface area contributed by atoms with Gasteiger partial charge in [0.1, 0.15) is 5.82 Å². The summed E-state index contributed by atoms with van der Waals surface area (Å²) in [5.41, 5.74) is 1.16. The van der Waals surface area contributed by atoms with Gasteiger partial charge in [0, 0.05) is 20.6 Å². The van der Waals surface area contributed by atoms with Gasteiger partial charge in [-0.1, -0.05) is 40.9 Å². The average Bonchev–Trinajstić information content (AvgIpc) is 2.15. The third kappa shape index (κ3) is 2.32. The number of benzene rings is 2. The largest absolute Gasteiger partial charge is 0.207 e. The topological polar surface area (TPSA) is 0 Å². The molecule has 0 atom stereocenters. The summed E-state index contributed by atoms with van der Waals surface area (Å²) in [4.78, 5) is 0. The van der Waals surface area contributed by atoms with E-state index in [1.807, 2.05) is 0 Å². The summed E-state index contributed by atoms with van der Waals surface area (Å²) in [5, 5.41) is 1.24. The van der Waals surface area contributed by atoms with Gasteiger partial charge in [0.25, 0.3) is 0 Å². The molecule has 0 aromatic heterocycles. The Hall–Kier alpha value is -0.760. The van der Waals surface area contributed by atoms with Crippen LogP contribution in [0.15, 0.2) is 36.4 Å². The van der Waals surface area contributed by atoms with Crippen molar-refractivity contribution in [1.82, 2.24) is 0 Å². The summed E-state index contributed by atoms with van der Waals surface area (Å²) in [7, 11) is 0. The molecule has 0 unspecified atom stereocenters. The van der Waals surface area contributed by atoms with Crippen molar-refractivity contribution < 1.29 is 4.39 Å². The lowest BCUT2D eigenvalue weighted by Gasteiger charge is -2.07.